The van der Waals surface area contributed by atoms with Crippen molar-refractivity contribution in [3.8, 4) is 0 Å². The van der Waals surface area contributed by atoms with Crippen LogP contribution in [0, 0.1) is 66.6 Å². The van der Waals surface area contributed by atoms with Crippen molar-refractivity contribution < 1.29 is 38.4 Å². The summed E-state index contributed by atoms with van der Waals surface area (Å²) in [6.07, 6.45) is 5.87. The molecule has 0 saturated heterocycles. The van der Waals surface area contributed by atoms with E-state index in [-0.39, 0.29) is 63.6 Å². The van der Waals surface area contributed by atoms with Gasteiger partial charge < -0.3 is 14.2 Å². The van der Waals surface area contributed by atoms with Gasteiger partial charge >= 0.3 is 18.2 Å². The van der Waals surface area contributed by atoms with Crippen LogP contribution in [0.5, 0.6) is 0 Å². The second-order valence-corrected chi connectivity index (χ2v) is 16.1. The number of nitrogens with zero attached hydrogens (tertiary/aromatic N) is 2. The first kappa shape index (κ1) is 38.0. The molecule has 0 unspecified atom stereocenters. The number of carbonyl (C=O) groups is 3. The van der Waals surface area contributed by atoms with Crippen molar-refractivity contribution in [2.24, 2.45) is 46.3 Å². The predicted octanol–water partition coefficient (Wildman–Crippen LogP) is 8.90. The molecule has 53 heavy (non-hydrogen) atoms. The molecule has 2 amide bonds. The molecular formula is C39H50N4O10. The van der Waals surface area contributed by atoms with Crippen molar-refractivity contribution in [1.82, 2.24) is 0 Å². The molecule has 0 aliphatic heterocycles. The van der Waals surface area contributed by atoms with E-state index in [4.69, 9.17) is 14.2 Å². The third kappa shape index (κ3) is 7.68. The van der Waals surface area contributed by atoms with Crippen LogP contribution in [0.25, 0.3) is 0 Å². The van der Waals surface area contributed by atoms with Crippen molar-refractivity contribution in [2.75, 3.05) is 17.7 Å². The Hall–Kier alpha value is -4.75. The molecule has 4 aliphatic rings. The monoisotopic (exact) mass is 734 g/mol. The molecule has 10 atom stereocenters. The lowest BCUT2D eigenvalue weighted by Gasteiger charge is -2.62. The van der Waals surface area contributed by atoms with Crippen LogP contribution in [0.2, 0.25) is 0 Å². The molecule has 14 nitrogen and oxygen atoms in total. The van der Waals surface area contributed by atoms with Gasteiger partial charge in [0.2, 0.25) is 0 Å². The SMILES string of the molecule is COC(=O)CC[C@@H](C)[C@H]1CC[C@H]2[C@@H]3CC[C@@H]4C[C@H](OC(=O)Nc5cccc([N+](=O)[O-])c5)CC[C@]4(C)[C@H]3C[C@H](OC(=O)Nc3cccc([N+](=O)[O-])c3)[C@]12C. The number of nitro benzene ring substituents is 2. The molecule has 4 saturated carbocycles. The minimum absolute atomic E-state index is 0.0761. The Morgan fingerprint density at radius 3 is 2.08 bits per heavy atom. The smallest absolute Gasteiger partial charge is 0.411 e. The summed E-state index contributed by atoms with van der Waals surface area (Å²) in [6.45, 7) is 6.80. The quantitative estimate of drug-likeness (QED) is 0.103. The number of non-ortho nitro benzene ring substituents is 2. The second-order valence-electron chi connectivity index (χ2n) is 16.1. The molecule has 14 heteroatoms. The van der Waals surface area contributed by atoms with Crippen LogP contribution in [0.3, 0.4) is 0 Å². The van der Waals surface area contributed by atoms with Gasteiger partial charge in [-0.15, -0.1) is 0 Å². The third-order valence-corrected chi connectivity index (χ3v) is 13.6. The number of anilines is 2. The number of methoxy groups -OCH3 is 1. The van der Waals surface area contributed by atoms with E-state index >= 15 is 0 Å². The maximum absolute atomic E-state index is 13.6. The van der Waals surface area contributed by atoms with Gasteiger partial charge in [-0.25, -0.2) is 9.59 Å². The van der Waals surface area contributed by atoms with E-state index < -0.39 is 28.1 Å². The molecule has 0 radical (unpaired) electrons. The van der Waals surface area contributed by atoms with Crippen LogP contribution in [0.1, 0.15) is 85.0 Å². The number of amides is 2. The summed E-state index contributed by atoms with van der Waals surface area (Å²) in [6, 6.07) is 11.6. The normalized spacial score (nSPS) is 32.1. The molecule has 0 bridgehead atoms. The fourth-order valence-corrected chi connectivity index (χ4v) is 11.0. The minimum atomic E-state index is -0.647. The summed E-state index contributed by atoms with van der Waals surface area (Å²) in [5, 5.41) is 28.0. The first-order chi connectivity index (χ1) is 25.2. The predicted molar refractivity (Wildman–Crippen MR) is 195 cm³/mol. The maximum Gasteiger partial charge on any atom is 0.411 e. The minimum Gasteiger partial charge on any atom is -0.469 e. The average molecular weight is 735 g/mol. The van der Waals surface area contributed by atoms with Crippen LogP contribution < -0.4 is 10.6 Å². The molecule has 0 spiro atoms. The van der Waals surface area contributed by atoms with Crippen molar-refractivity contribution in [1.29, 1.82) is 0 Å². The van der Waals surface area contributed by atoms with E-state index in [2.05, 4.69) is 31.4 Å². The lowest BCUT2D eigenvalue weighted by Crippen LogP contribution is -2.60. The zero-order valence-corrected chi connectivity index (χ0v) is 30.8. The fraction of sp³-hybridized carbons (Fsp3) is 0.615. The van der Waals surface area contributed by atoms with Gasteiger partial charge in [-0.05, 0) is 111 Å². The Balaban J connectivity index is 1.20. The molecule has 2 aromatic rings. The molecule has 4 aliphatic carbocycles. The number of benzene rings is 2. The molecule has 2 N–H and O–H groups in total. The highest BCUT2D eigenvalue weighted by molar-refractivity contribution is 5.85. The molecule has 0 heterocycles. The lowest BCUT2D eigenvalue weighted by atomic mass is 9.43. The highest BCUT2D eigenvalue weighted by atomic mass is 16.6. The summed E-state index contributed by atoms with van der Waals surface area (Å²) < 4.78 is 17.3. The van der Waals surface area contributed by atoms with Crippen LogP contribution in [0.4, 0.5) is 32.3 Å². The van der Waals surface area contributed by atoms with Crippen molar-refractivity contribution in [3.63, 3.8) is 0 Å². The van der Waals surface area contributed by atoms with Crippen molar-refractivity contribution in [2.45, 2.75) is 97.2 Å². The second kappa shape index (κ2) is 15.3. The summed E-state index contributed by atoms with van der Waals surface area (Å²) in [4.78, 5) is 60.2. The molecule has 4 fully saturated rings. The first-order valence-corrected chi connectivity index (χ1v) is 18.7. The number of esters is 1. The largest absolute Gasteiger partial charge is 0.469 e. The zero-order chi connectivity index (χ0) is 38.1. The summed E-state index contributed by atoms with van der Waals surface area (Å²) in [5.74, 6) is 1.44. The summed E-state index contributed by atoms with van der Waals surface area (Å²) in [5.41, 5.74) is -0.0900. The van der Waals surface area contributed by atoms with E-state index in [0.29, 0.717) is 49.6 Å². The third-order valence-electron chi connectivity index (χ3n) is 13.6. The standard InChI is InChI=1S/C39H50N4O10/c1-23(11-16-35(44)51-4)31-14-15-32-30-13-12-24-19-29(52-36(45)40-25-7-5-9-27(20-25)42(47)48)17-18-38(24,2)33(30)22-34(39(31,32)3)53-37(46)41-26-8-6-10-28(21-26)43(49)50/h5-10,20-21,23-24,29-34H,11-19,22H2,1-4H3,(H,40,45)(H,41,46)/t23-,24-,29-,30+,31-,32+,33+,34+,38+,39-/m1/s1. The Morgan fingerprint density at radius 2 is 1.47 bits per heavy atom. The van der Waals surface area contributed by atoms with E-state index in [9.17, 15) is 34.6 Å². The summed E-state index contributed by atoms with van der Waals surface area (Å²) >= 11 is 0. The Labute approximate surface area is 309 Å². The molecule has 0 aromatic heterocycles. The van der Waals surface area contributed by atoms with E-state index in [1.165, 1.54) is 43.5 Å². The molecule has 2 aromatic carbocycles. The van der Waals surface area contributed by atoms with Gasteiger partial charge in [0.15, 0.2) is 0 Å². The van der Waals surface area contributed by atoms with Crippen LogP contribution in [-0.4, -0.2) is 47.3 Å². The topological polar surface area (TPSA) is 189 Å². The fourth-order valence-electron chi connectivity index (χ4n) is 11.0. The number of fused-ring (bicyclic) bond motifs is 5. The average Bonchev–Trinajstić information content (AvgIpc) is 3.49. The number of carbonyl (C=O) groups excluding carboxylic acids is 3. The molecule has 286 valence electrons. The highest BCUT2D eigenvalue weighted by Gasteiger charge is 2.65. The Morgan fingerprint density at radius 1 is 0.849 bits per heavy atom. The van der Waals surface area contributed by atoms with Gasteiger partial charge in [-0.2, -0.15) is 0 Å². The number of rotatable bonds is 10. The van der Waals surface area contributed by atoms with Crippen LogP contribution in [0.15, 0.2) is 48.5 Å². The van der Waals surface area contributed by atoms with Crippen molar-refractivity contribution >= 4 is 40.9 Å². The zero-order valence-electron chi connectivity index (χ0n) is 30.8. The van der Waals surface area contributed by atoms with Gasteiger partial charge in [0.25, 0.3) is 11.4 Å². The number of hydrogen-bond acceptors (Lipinski definition) is 10. The van der Waals surface area contributed by atoms with Crippen molar-refractivity contribution in [3.05, 3.63) is 68.8 Å². The molecule has 6 rings (SSSR count). The van der Waals surface area contributed by atoms with Gasteiger partial charge in [0.1, 0.15) is 12.2 Å². The van der Waals surface area contributed by atoms with E-state index in [1.807, 2.05) is 0 Å². The Bertz CT molecular complexity index is 1740. The Kier molecular flexibility index (Phi) is 11.0. The lowest BCUT2D eigenvalue weighted by molar-refractivity contribution is -0.385. The van der Waals surface area contributed by atoms with Gasteiger partial charge in [-0.1, -0.05) is 32.9 Å². The number of ether oxygens (including phenoxy) is 3. The highest BCUT2D eigenvalue weighted by Crippen LogP contribution is 2.69. The number of hydrogen-bond donors (Lipinski definition) is 2. The number of nitro groups is 2. The maximum atomic E-state index is 13.6. The van der Waals surface area contributed by atoms with Gasteiger partial charge in [0.05, 0.1) is 28.3 Å². The van der Waals surface area contributed by atoms with E-state index in [0.717, 1.165) is 32.1 Å². The number of nitrogens with one attached hydrogen (secondary N) is 2. The van der Waals surface area contributed by atoms with Gasteiger partial charge in [0, 0.05) is 36.1 Å². The summed E-state index contributed by atoms with van der Waals surface area (Å²) in [7, 11) is 1.40. The van der Waals surface area contributed by atoms with Crippen LogP contribution >= 0.6 is 0 Å². The van der Waals surface area contributed by atoms with Gasteiger partial charge in [-0.3, -0.25) is 35.7 Å². The first-order valence-electron chi connectivity index (χ1n) is 18.7. The molecular weight excluding hydrogens is 684 g/mol. The van der Waals surface area contributed by atoms with E-state index in [1.54, 1.807) is 12.1 Å². The van der Waals surface area contributed by atoms with Crippen LogP contribution in [-0.2, 0) is 19.0 Å².